The Bertz CT molecular complexity index is 323. The van der Waals surface area contributed by atoms with E-state index < -0.39 is 16.2 Å². The fourth-order valence-corrected chi connectivity index (χ4v) is 2.95. The summed E-state index contributed by atoms with van der Waals surface area (Å²) < 4.78 is 26.7. The van der Waals surface area contributed by atoms with Gasteiger partial charge in [-0.25, -0.2) is 0 Å². The minimum absolute atomic E-state index is 0.00158. The molecule has 0 aromatic heterocycles. The fraction of sp³-hybridized carbons (Fsp3) is 0.900. The lowest BCUT2D eigenvalue weighted by Gasteiger charge is -2.26. The van der Waals surface area contributed by atoms with Gasteiger partial charge in [0.15, 0.2) is 0 Å². The van der Waals surface area contributed by atoms with Crippen LogP contribution in [-0.4, -0.2) is 54.8 Å². The smallest absolute Gasteiger partial charge is 0.304 e. The minimum Gasteiger partial charge on any atom is -0.481 e. The molecule has 0 saturated heterocycles. The molecule has 0 heterocycles. The Labute approximate surface area is 103 Å². The molecule has 0 radical (unpaired) electrons. The molecule has 0 saturated carbocycles. The van der Waals surface area contributed by atoms with Crippen molar-refractivity contribution < 1.29 is 18.3 Å². The van der Waals surface area contributed by atoms with Crippen molar-refractivity contribution in [2.75, 3.05) is 26.7 Å². The Morgan fingerprint density at radius 3 is 1.94 bits per heavy atom. The molecular formula is C10H22N2O4S. The summed E-state index contributed by atoms with van der Waals surface area (Å²) in [5.41, 5.74) is 0. The molecular weight excluding hydrogens is 244 g/mol. The summed E-state index contributed by atoms with van der Waals surface area (Å²) in [5.74, 6) is -0.996. The van der Waals surface area contributed by atoms with E-state index in [1.807, 2.05) is 13.8 Å². The number of hydrogen-bond acceptors (Lipinski definition) is 3. The van der Waals surface area contributed by atoms with Gasteiger partial charge in [-0.1, -0.05) is 13.8 Å². The Balaban J connectivity index is 4.63. The van der Waals surface area contributed by atoms with E-state index in [1.54, 1.807) is 0 Å². The van der Waals surface area contributed by atoms with Gasteiger partial charge in [-0.2, -0.15) is 17.0 Å². The monoisotopic (exact) mass is 266 g/mol. The zero-order valence-corrected chi connectivity index (χ0v) is 11.5. The summed E-state index contributed by atoms with van der Waals surface area (Å²) in [5, 5.41) is 8.54. The van der Waals surface area contributed by atoms with Gasteiger partial charge in [0.25, 0.3) is 10.2 Å². The van der Waals surface area contributed by atoms with Crippen LogP contribution in [0.2, 0.25) is 0 Å². The van der Waals surface area contributed by atoms with Gasteiger partial charge >= 0.3 is 5.97 Å². The van der Waals surface area contributed by atoms with Crippen molar-refractivity contribution >= 4 is 16.2 Å². The average Bonchev–Trinajstić information content (AvgIpc) is 2.25. The quantitative estimate of drug-likeness (QED) is 0.668. The predicted octanol–water partition coefficient (Wildman–Crippen LogP) is 0.760. The average molecular weight is 266 g/mol. The number of rotatable bonds is 9. The number of nitrogens with zero attached hydrogens (tertiary/aromatic N) is 2. The molecule has 0 aliphatic heterocycles. The summed E-state index contributed by atoms with van der Waals surface area (Å²) in [7, 11) is -2.10. The van der Waals surface area contributed by atoms with Crippen LogP contribution >= 0.6 is 0 Å². The van der Waals surface area contributed by atoms with Crippen molar-refractivity contribution in [2.45, 2.75) is 33.1 Å². The van der Waals surface area contributed by atoms with E-state index in [4.69, 9.17) is 5.11 Å². The van der Waals surface area contributed by atoms with E-state index in [0.29, 0.717) is 13.1 Å². The SMILES string of the molecule is CCCN(CCC)S(=O)(=O)N(C)CCC(=O)O. The van der Waals surface area contributed by atoms with E-state index in [2.05, 4.69) is 0 Å². The van der Waals surface area contributed by atoms with Crippen LogP contribution in [0, 0.1) is 0 Å². The Morgan fingerprint density at radius 1 is 1.12 bits per heavy atom. The molecule has 0 aliphatic carbocycles. The van der Waals surface area contributed by atoms with Crippen LogP contribution in [0.3, 0.4) is 0 Å². The molecule has 0 amide bonds. The molecule has 1 N–H and O–H groups in total. The van der Waals surface area contributed by atoms with E-state index in [9.17, 15) is 13.2 Å². The van der Waals surface area contributed by atoms with Crippen molar-refractivity contribution in [1.29, 1.82) is 0 Å². The van der Waals surface area contributed by atoms with Crippen LogP contribution < -0.4 is 0 Å². The third-order valence-electron chi connectivity index (χ3n) is 2.31. The zero-order chi connectivity index (χ0) is 13.5. The van der Waals surface area contributed by atoms with Gasteiger partial charge in [-0.05, 0) is 12.8 Å². The van der Waals surface area contributed by atoms with Crippen LogP contribution in [0.1, 0.15) is 33.1 Å². The zero-order valence-electron chi connectivity index (χ0n) is 10.7. The second kappa shape index (κ2) is 7.62. The van der Waals surface area contributed by atoms with Gasteiger partial charge in [-0.15, -0.1) is 0 Å². The highest BCUT2D eigenvalue weighted by molar-refractivity contribution is 7.86. The van der Waals surface area contributed by atoms with Gasteiger partial charge < -0.3 is 5.11 Å². The topological polar surface area (TPSA) is 77.9 Å². The van der Waals surface area contributed by atoms with Crippen molar-refractivity contribution in [3.05, 3.63) is 0 Å². The summed E-state index contributed by atoms with van der Waals surface area (Å²) in [6, 6.07) is 0. The van der Waals surface area contributed by atoms with Crippen molar-refractivity contribution in [3.63, 3.8) is 0 Å². The summed E-state index contributed by atoms with van der Waals surface area (Å²) in [6.07, 6.45) is 1.31. The largest absolute Gasteiger partial charge is 0.481 e. The molecule has 0 atom stereocenters. The normalized spacial score (nSPS) is 12.3. The fourth-order valence-electron chi connectivity index (χ4n) is 1.41. The second-order valence-electron chi connectivity index (χ2n) is 3.87. The number of hydrogen-bond donors (Lipinski definition) is 1. The highest BCUT2D eigenvalue weighted by atomic mass is 32.2. The first-order valence-corrected chi connectivity index (χ1v) is 7.19. The summed E-state index contributed by atoms with van der Waals surface area (Å²) >= 11 is 0. The first kappa shape index (κ1) is 16.3. The summed E-state index contributed by atoms with van der Waals surface area (Å²) in [4.78, 5) is 10.4. The third kappa shape index (κ3) is 5.47. The Kier molecular flexibility index (Phi) is 7.33. The molecule has 0 aromatic rings. The molecule has 102 valence electrons. The third-order valence-corrected chi connectivity index (χ3v) is 4.29. The van der Waals surface area contributed by atoms with Crippen LogP contribution in [0.15, 0.2) is 0 Å². The Hall–Kier alpha value is -0.660. The maximum Gasteiger partial charge on any atom is 0.304 e. The molecule has 0 fully saturated rings. The Morgan fingerprint density at radius 2 is 1.59 bits per heavy atom. The number of carboxylic acid groups (broad SMARTS) is 1. The lowest BCUT2D eigenvalue weighted by molar-refractivity contribution is -0.137. The molecule has 7 heteroatoms. The molecule has 0 aromatic carbocycles. The number of carboxylic acids is 1. The molecule has 0 unspecified atom stereocenters. The standard InChI is InChI=1S/C10H22N2O4S/c1-4-7-12(8-5-2)17(15,16)11(3)9-6-10(13)14/h4-9H2,1-3H3,(H,13,14). The van der Waals surface area contributed by atoms with Crippen LogP contribution in [0.25, 0.3) is 0 Å². The molecule has 17 heavy (non-hydrogen) atoms. The van der Waals surface area contributed by atoms with Crippen LogP contribution in [0.4, 0.5) is 0 Å². The first-order valence-electron chi connectivity index (χ1n) is 5.79. The van der Waals surface area contributed by atoms with E-state index in [0.717, 1.165) is 17.1 Å². The lowest BCUT2D eigenvalue weighted by atomic mass is 10.4. The van der Waals surface area contributed by atoms with Gasteiger partial charge in [0.2, 0.25) is 0 Å². The van der Waals surface area contributed by atoms with Crippen molar-refractivity contribution in [1.82, 2.24) is 8.61 Å². The van der Waals surface area contributed by atoms with Gasteiger partial charge in [0.1, 0.15) is 0 Å². The van der Waals surface area contributed by atoms with Crippen molar-refractivity contribution in [2.24, 2.45) is 0 Å². The molecule has 0 rings (SSSR count). The van der Waals surface area contributed by atoms with E-state index in [-0.39, 0.29) is 13.0 Å². The molecule has 6 nitrogen and oxygen atoms in total. The van der Waals surface area contributed by atoms with Crippen LogP contribution in [-0.2, 0) is 15.0 Å². The molecule has 0 aliphatic rings. The highest BCUT2D eigenvalue weighted by Gasteiger charge is 2.25. The van der Waals surface area contributed by atoms with Gasteiger partial charge in [0.05, 0.1) is 6.42 Å². The second-order valence-corrected chi connectivity index (χ2v) is 5.91. The predicted molar refractivity (Wildman–Crippen MR) is 66.0 cm³/mol. The highest BCUT2D eigenvalue weighted by Crippen LogP contribution is 2.08. The maximum absolute atomic E-state index is 12.1. The molecule has 0 bridgehead atoms. The maximum atomic E-state index is 12.1. The number of aliphatic carboxylic acids is 1. The summed E-state index contributed by atoms with van der Waals surface area (Å²) in [6.45, 7) is 4.76. The minimum atomic E-state index is -3.52. The van der Waals surface area contributed by atoms with Gasteiger partial charge in [0, 0.05) is 26.7 Å². The van der Waals surface area contributed by atoms with Crippen molar-refractivity contribution in [3.8, 4) is 0 Å². The van der Waals surface area contributed by atoms with E-state index in [1.165, 1.54) is 11.4 Å². The van der Waals surface area contributed by atoms with E-state index >= 15 is 0 Å². The molecule has 0 spiro atoms. The first-order chi connectivity index (χ1) is 7.86. The lowest BCUT2D eigenvalue weighted by Crippen LogP contribution is -2.43. The van der Waals surface area contributed by atoms with Crippen LogP contribution in [0.5, 0.6) is 0 Å². The number of carbonyl (C=O) groups is 1. The van der Waals surface area contributed by atoms with Gasteiger partial charge in [-0.3, -0.25) is 4.79 Å².